The number of methoxy groups -OCH3 is 1. The Morgan fingerprint density at radius 2 is 1.94 bits per heavy atom. The second-order valence-electron chi connectivity index (χ2n) is 4.23. The summed E-state index contributed by atoms with van der Waals surface area (Å²) in [6.07, 6.45) is 2.40. The molecule has 94 valence electrons. The van der Waals surface area contributed by atoms with Crippen molar-refractivity contribution in [3.05, 3.63) is 53.1 Å². The van der Waals surface area contributed by atoms with Crippen LogP contribution in [-0.4, -0.2) is 22.2 Å². The summed E-state index contributed by atoms with van der Waals surface area (Å²) >= 11 is 0. The van der Waals surface area contributed by atoms with Crippen molar-refractivity contribution in [2.45, 2.75) is 20.0 Å². The van der Waals surface area contributed by atoms with E-state index in [0.29, 0.717) is 17.0 Å². The molecule has 0 radical (unpaired) electrons. The summed E-state index contributed by atoms with van der Waals surface area (Å²) in [5.74, 6) is 0.649. The Hall–Kier alpha value is -1.94. The van der Waals surface area contributed by atoms with E-state index in [9.17, 15) is 5.11 Å². The average Bonchev–Trinajstić information content (AvgIpc) is 2.39. The van der Waals surface area contributed by atoms with Gasteiger partial charge in [0.1, 0.15) is 11.9 Å². The third-order valence-corrected chi connectivity index (χ3v) is 2.76. The van der Waals surface area contributed by atoms with Crippen LogP contribution in [-0.2, 0) is 0 Å². The Kier molecular flexibility index (Phi) is 3.58. The molecule has 4 nitrogen and oxygen atoms in total. The highest BCUT2D eigenvalue weighted by Crippen LogP contribution is 2.29. The van der Waals surface area contributed by atoms with Crippen LogP contribution in [0.3, 0.4) is 0 Å². The van der Waals surface area contributed by atoms with Crippen molar-refractivity contribution in [2.24, 2.45) is 0 Å². The molecule has 1 N–H and O–H groups in total. The van der Waals surface area contributed by atoms with Crippen LogP contribution < -0.4 is 4.74 Å². The Bertz CT molecular complexity index is 538. The summed E-state index contributed by atoms with van der Waals surface area (Å²) in [6.45, 7) is 3.83. The van der Waals surface area contributed by atoms with E-state index in [1.54, 1.807) is 19.5 Å². The van der Waals surface area contributed by atoms with Gasteiger partial charge in [-0.3, -0.25) is 9.97 Å². The number of aromatic nitrogens is 2. The summed E-state index contributed by atoms with van der Waals surface area (Å²) in [5, 5.41) is 10.3. The molecular weight excluding hydrogens is 228 g/mol. The molecule has 0 spiro atoms. The van der Waals surface area contributed by atoms with Gasteiger partial charge in [0.25, 0.3) is 0 Å². The molecule has 2 aromatic rings. The minimum absolute atomic E-state index is 0.518. The van der Waals surface area contributed by atoms with Gasteiger partial charge in [0.15, 0.2) is 0 Å². The topological polar surface area (TPSA) is 55.2 Å². The Morgan fingerprint density at radius 1 is 1.17 bits per heavy atom. The first-order valence-corrected chi connectivity index (χ1v) is 5.73. The van der Waals surface area contributed by atoms with Crippen molar-refractivity contribution >= 4 is 0 Å². The predicted octanol–water partition coefficient (Wildman–Crippen LogP) is 2.18. The van der Waals surface area contributed by atoms with Crippen LogP contribution in [0.4, 0.5) is 0 Å². The van der Waals surface area contributed by atoms with Crippen molar-refractivity contribution in [3.8, 4) is 5.75 Å². The fraction of sp³-hybridized carbons (Fsp3) is 0.286. The molecule has 0 aliphatic carbocycles. The molecular formula is C14H16N2O2. The fourth-order valence-corrected chi connectivity index (χ4v) is 1.77. The minimum atomic E-state index is -0.826. The molecule has 0 saturated carbocycles. The van der Waals surface area contributed by atoms with E-state index < -0.39 is 6.10 Å². The fourth-order valence-electron chi connectivity index (χ4n) is 1.77. The van der Waals surface area contributed by atoms with Crippen molar-refractivity contribution in [1.29, 1.82) is 0 Å². The normalized spacial score (nSPS) is 12.2. The minimum Gasteiger partial charge on any atom is -0.496 e. The molecule has 1 aromatic heterocycles. The van der Waals surface area contributed by atoms with Gasteiger partial charge in [-0.15, -0.1) is 0 Å². The Labute approximate surface area is 106 Å². The zero-order valence-corrected chi connectivity index (χ0v) is 10.7. The van der Waals surface area contributed by atoms with Crippen molar-refractivity contribution in [1.82, 2.24) is 9.97 Å². The maximum Gasteiger partial charge on any atom is 0.126 e. The molecule has 2 rings (SSSR count). The molecule has 1 aromatic carbocycles. The number of aliphatic hydroxyl groups excluding tert-OH is 1. The monoisotopic (exact) mass is 244 g/mol. The van der Waals surface area contributed by atoms with Gasteiger partial charge >= 0.3 is 0 Å². The van der Waals surface area contributed by atoms with E-state index in [4.69, 9.17) is 4.74 Å². The first kappa shape index (κ1) is 12.5. The highest BCUT2D eigenvalue weighted by molar-refractivity contribution is 5.41. The predicted molar refractivity (Wildman–Crippen MR) is 68.6 cm³/mol. The molecule has 0 bridgehead atoms. The highest BCUT2D eigenvalue weighted by atomic mass is 16.5. The van der Waals surface area contributed by atoms with Crippen LogP contribution in [0.25, 0.3) is 0 Å². The number of nitrogens with zero attached hydrogens (tertiary/aromatic N) is 2. The maximum absolute atomic E-state index is 10.3. The molecule has 0 aliphatic rings. The lowest BCUT2D eigenvalue weighted by atomic mass is 10.0. The number of rotatable bonds is 3. The highest BCUT2D eigenvalue weighted by Gasteiger charge is 2.17. The first-order valence-electron chi connectivity index (χ1n) is 5.73. The SMILES string of the molecule is COc1ccc(C)cc1C(O)c1cnc(C)cn1. The molecule has 0 fully saturated rings. The second-order valence-corrected chi connectivity index (χ2v) is 4.23. The smallest absolute Gasteiger partial charge is 0.126 e. The van der Waals surface area contributed by atoms with Crippen LogP contribution in [0.2, 0.25) is 0 Å². The molecule has 1 unspecified atom stereocenters. The van der Waals surface area contributed by atoms with Gasteiger partial charge in [-0.25, -0.2) is 0 Å². The third-order valence-electron chi connectivity index (χ3n) is 2.76. The number of aryl methyl sites for hydroxylation is 2. The van der Waals surface area contributed by atoms with E-state index >= 15 is 0 Å². The van der Waals surface area contributed by atoms with Crippen LogP contribution in [0.5, 0.6) is 5.75 Å². The van der Waals surface area contributed by atoms with E-state index in [1.165, 1.54) is 0 Å². The van der Waals surface area contributed by atoms with E-state index in [2.05, 4.69) is 9.97 Å². The molecule has 4 heteroatoms. The lowest BCUT2D eigenvalue weighted by molar-refractivity contribution is 0.209. The quantitative estimate of drug-likeness (QED) is 0.899. The molecule has 18 heavy (non-hydrogen) atoms. The van der Waals surface area contributed by atoms with Gasteiger partial charge in [0, 0.05) is 11.8 Å². The summed E-state index contributed by atoms with van der Waals surface area (Å²) in [4.78, 5) is 8.33. The van der Waals surface area contributed by atoms with E-state index in [1.807, 2.05) is 32.0 Å². The number of aliphatic hydroxyl groups is 1. The van der Waals surface area contributed by atoms with Crippen LogP contribution in [0.15, 0.2) is 30.6 Å². The molecule has 0 aliphatic heterocycles. The van der Waals surface area contributed by atoms with Gasteiger partial charge in [-0.1, -0.05) is 11.6 Å². The Balaban J connectivity index is 2.41. The first-order chi connectivity index (χ1) is 8.61. The zero-order valence-electron chi connectivity index (χ0n) is 10.7. The van der Waals surface area contributed by atoms with Crippen LogP contribution in [0, 0.1) is 13.8 Å². The summed E-state index contributed by atoms with van der Waals surface area (Å²) < 4.78 is 5.26. The van der Waals surface area contributed by atoms with Crippen molar-refractivity contribution in [2.75, 3.05) is 7.11 Å². The number of ether oxygens (including phenoxy) is 1. The maximum atomic E-state index is 10.3. The molecule has 0 saturated heterocycles. The third kappa shape index (κ3) is 2.49. The van der Waals surface area contributed by atoms with Gasteiger partial charge < -0.3 is 9.84 Å². The number of hydrogen-bond donors (Lipinski definition) is 1. The van der Waals surface area contributed by atoms with Crippen LogP contribution in [0.1, 0.15) is 28.6 Å². The van der Waals surface area contributed by atoms with Crippen LogP contribution >= 0.6 is 0 Å². The summed E-state index contributed by atoms with van der Waals surface area (Å²) in [7, 11) is 1.59. The lowest BCUT2D eigenvalue weighted by Crippen LogP contribution is -2.05. The zero-order chi connectivity index (χ0) is 13.1. The lowest BCUT2D eigenvalue weighted by Gasteiger charge is -2.15. The largest absolute Gasteiger partial charge is 0.496 e. The number of hydrogen-bond acceptors (Lipinski definition) is 4. The Morgan fingerprint density at radius 3 is 2.56 bits per heavy atom. The molecule has 1 heterocycles. The number of benzene rings is 1. The van der Waals surface area contributed by atoms with Gasteiger partial charge in [0.2, 0.25) is 0 Å². The standard InChI is InChI=1S/C14H16N2O2/c1-9-4-5-13(18-3)11(6-9)14(17)12-8-15-10(2)7-16-12/h4-8,14,17H,1-3H3. The summed E-state index contributed by atoms with van der Waals surface area (Å²) in [5.41, 5.74) is 3.10. The van der Waals surface area contributed by atoms with E-state index in [0.717, 1.165) is 11.3 Å². The van der Waals surface area contributed by atoms with Crippen molar-refractivity contribution < 1.29 is 9.84 Å². The summed E-state index contributed by atoms with van der Waals surface area (Å²) in [6, 6.07) is 5.68. The van der Waals surface area contributed by atoms with E-state index in [-0.39, 0.29) is 0 Å². The molecule has 1 atom stereocenters. The van der Waals surface area contributed by atoms with Gasteiger partial charge in [0.05, 0.1) is 24.7 Å². The van der Waals surface area contributed by atoms with Gasteiger partial charge in [-0.2, -0.15) is 0 Å². The average molecular weight is 244 g/mol. The van der Waals surface area contributed by atoms with Gasteiger partial charge in [-0.05, 0) is 26.0 Å². The van der Waals surface area contributed by atoms with Crippen molar-refractivity contribution in [3.63, 3.8) is 0 Å². The molecule has 0 amide bonds. The second kappa shape index (κ2) is 5.14.